The molecule has 1 aromatic rings. The monoisotopic (exact) mass is 522 g/mol. The lowest BCUT2D eigenvalue weighted by molar-refractivity contribution is -0.144. The number of carboxylic acid groups (broad SMARTS) is 3. The first kappa shape index (κ1) is 31.0. The van der Waals surface area contributed by atoms with Gasteiger partial charge < -0.3 is 37.0 Å². The second-order valence-corrected chi connectivity index (χ2v) is 8.98. The number of hydrogen-bond donors (Lipinski definition) is 7. The number of nitrogens with one attached hydrogen (secondary N) is 3. The topological polar surface area (TPSA) is 225 Å². The van der Waals surface area contributed by atoms with E-state index in [1.54, 1.807) is 30.3 Å². The number of rotatable bonds is 16. The molecule has 0 fully saturated rings. The highest BCUT2D eigenvalue weighted by atomic mass is 16.4. The summed E-state index contributed by atoms with van der Waals surface area (Å²) < 4.78 is 0. The summed E-state index contributed by atoms with van der Waals surface area (Å²) in [6.07, 6.45) is -1.50. The Morgan fingerprint density at radius 3 is 1.84 bits per heavy atom. The number of benzene rings is 1. The highest BCUT2D eigenvalue weighted by Crippen LogP contribution is 2.08. The van der Waals surface area contributed by atoms with Crippen LogP contribution in [0.25, 0.3) is 0 Å². The van der Waals surface area contributed by atoms with Crippen LogP contribution in [-0.4, -0.2) is 75.1 Å². The maximum atomic E-state index is 13.0. The third-order valence-electron chi connectivity index (χ3n) is 5.25. The zero-order chi connectivity index (χ0) is 28.1. The molecule has 204 valence electrons. The van der Waals surface area contributed by atoms with Crippen LogP contribution in [0.2, 0.25) is 0 Å². The standard InChI is InChI=1S/C24H34N4O9/c1-13(2)10-15(25)21(33)27-18(12-20(31)32)23(35)28-17(11-14-6-4-3-5-7-14)22(34)26-16(24(36)37)8-9-19(29)30/h3-7,13,15-18H,8-12,25H2,1-2H3,(H,26,34)(H,27,33)(H,28,35)(H,29,30)(H,31,32)(H,36,37). The van der Waals surface area contributed by atoms with Gasteiger partial charge >= 0.3 is 17.9 Å². The van der Waals surface area contributed by atoms with Crippen molar-refractivity contribution >= 4 is 35.6 Å². The molecule has 0 radical (unpaired) electrons. The van der Waals surface area contributed by atoms with Crippen LogP contribution in [0.5, 0.6) is 0 Å². The lowest BCUT2D eigenvalue weighted by Crippen LogP contribution is -2.58. The molecule has 0 bridgehead atoms. The lowest BCUT2D eigenvalue weighted by atomic mass is 10.0. The predicted molar refractivity (Wildman–Crippen MR) is 130 cm³/mol. The van der Waals surface area contributed by atoms with E-state index in [0.29, 0.717) is 12.0 Å². The third kappa shape index (κ3) is 12.0. The van der Waals surface area contributed by atoms with Gasteiger partial charge in [-0.2, -0.15) is 0 Å². The Morgan fingerprint density at radius 1 is 0.784 bits per heavy atom. The summed E-state index contributed by atoms with van der Waals surface area (Å²) in [5, 5.41) is 34.4. The van der Waals surface area contributed by atoms with Gasteiger partial charge in [0.2, 0.25) is 17.7 Å². The Kier molecular flexibility index (Phi) is 12.7. The summed E-state index contributed by atoms with van der Waals surface area (Å²) in [5.74, 6) is -6.69. The quantitative estimate of drug-likeness (QED) is 0.147. The molecule has 0 aliphatic carbocycles. The first-order valence-corrected chi connectivity index (χ1v) is 11.7. The fraction of sp³-hybridized carbons (Fsp3) is 0.500. The summed E-state index contributed by atoms with van der Waals surface area (Å²) in [6.45, 7) is 3.67. The normalized spacial score (nSPS) is 14.1. The second kappa shape index (κ2) is 15.2. The number of amides is 3. The van der Waals surface area contributed by atoms with Gasteiger partial charge in [0.05, 0.1) is 12.5 Å². The number of nitrogens with two attached hydrogens (primary N) is 1. The SMILES string of the molecule is CC(C)CC(N)C(=O)NC(CC(=O)O)C(=O)NC(Cc1ccccc1)C(=O)NC(CCC(=O)O)C(=O)O. The van der Waals surface area contributed by atoms with Crippen molar-refractivity contribution in [3.8, 4) is 0 Å². The number of carboxylic acids is 3. The molecule has 4 atom stereocenters. The van der Waals surface area contributed by atoms with Gasteiger partial charge in [0, 0.05) is 12.8 Å². The number of carbonyl (C=O) groups excluding carboxylic acids is 3. The van der Waals surface area contributed by atoms with Crippen LogP contribution in [0.3, 0.4) is 0 Å². The molecule has 37 heavy (non-hydrogen) atoms. The van der Waals surface area contributed by atoms with Gasteiger partial charge in [0.1, 0.15) is 18.1 Å². The molecule has 13 heteroatoms. The van der Waals surface area contributed by atoms with Crippen molar-refractivity contribution in [1.82, 2.24) is 16.0 Å². The smallest absolute Gasteiger partial charge is 0.326 e. The van der Waals surface area contributed by atoms with Gasteiger partial charge in [-0.15, -0.1) is 0 Å². The first-order valence-electron chi connectivity index (χ1n) is 11.7. The van der Waals surface area contributed by atoms with Crippen molar-refractivity contribution in [2.75, 3.05) is 0 Å². The van der Waals surface area contributed by atoms with E-state index in [1.165, 1.54) is 0 Å². The maximum absolute atomic E-state index is 13.0. The van der Waals surface area contributed by atoms with Crippen molar-refractivity contribution < 1.29 is 44.1 Å². The molecule has 0 aromatic heterocycles. The summed E-state index contributed by atoms with van der Waals surface area (Å²) >= 11 is 0. The van der Waals surface area contributed by atoms with Gasteiger partial charge in [-0.3, -0.25) is 24.0 Å². The van der Waals surface area contributed by atoms with E-state index < -0.39 is 79.1 Å². The highest BCUT2D eigenvalue weighted by Gasteiger charge is 2.31. The Morgan fingerprint density at radius 2 is 1.32 bits per heavy atom. The second-order valence-electron chi connectivity index (χ2n) is 8.98. The van der Waals surface area contributed by atoms with Crippen LogP contribution in [0.4, 0.5) is 0 Å². The van der Waals surface area contributed by atoms with Gasteiger partial charge in [0.15, 0.2) is 0 Å². The van der Waals surface area contributed by atoms with E-state index >= 15 is 0 Å². The Hall–Kier alpha value is -4.00. The predicted octanol–water partition coefficient (Wildman–Crippen LogP) is -0.519. The summed E-state index contributed by atoms with van der Waals surface area (Å²) in [5.41, 5.74) is 6.42. The van der Waals surface area contributed by atoms with Gasteiger partial charge in [-0.1, -0.05) is 44.2 Å². The average Bonchev–Trinajstić information content (AvgIpc) is 2.80. The highest BCUT2D eigenvalue weighted by molar-refractivity contribution is 5.95. The molecule has 0 aliphatic rings. The van der Waals surface area contributed by atoms with Gasteiger partial charge in [0.25, 0.3) is 0 Å². The largest absolute Gasteiger partial charge is 0.481 e. The van der Waals surface area contributed by atoms with Gasteiger partial charge in [-0.05, 0) is 24.3 Å². The summed E-state index contributed by atoms with van der Waals surface area (Å²) in [6, 6.07) is 2.96. The van der Waals surface area contributed by atoms with Crippen molar-refractivity contribution in [2.24, 2.45) is 11.7 Å². The zero-order valence-corrected chi connectivity index (χ0v) is 20.7. The molecule has 1 aromatic carbocycles. The number of carbonyl (C=O) groups is 6. The zero-order valence-electron chi connectivity index (χ0n) is 20.7. The van der Waals surface area contributed by atoms with Gasteiger partial charge in [-0.25, -0.2) is 4.79 Å². The Labute approximate surface area is 213 Å². The van der Waals surface area contributed by atoms with Crippen LogP contribution >= 0.6 is 0 Å². The fourth-order valence-corrected chi connectivity index (χ4v) is 3.41. The third-order valence-corrected chi connectivity index (χ3v) is 5.25. The van der Waals surface area contributed by atoms with Crippen molar-refractivity contribution in [1.29, 1.82) is 0 Å². The lowest BCUT2D eigenvalue weighted by Gasteiger charge is -2.25. The van der Waals surface area contributed by atoms with Crippen LogP contribution in [0.1, 0.15) is 45.1 Å². The number of hydrogen-bond acceptors (Lipinski definition) is 7. The number of aliphatic carboxylic acids is 3. The molecular weight excluding hydrogens is 488 g/mol. The summed E-state index contributed by atoms with van der Waals surface area (Å²) in [7, 11) is 0. The molecule has 13 nitrogen and oxygen atoms in total. The van der Waals surface area contributed by atoms with Crippen molar-refractivity contribution in [3.05, 3.63) is 35.9 Å². The molecule has 0 saturated heterocycles. The molecule has 0 heterocycles. The molecular formula is C24H34N4O9. The van der Waals surface area contributed by atoms with Crippen molar-refractivity contribution in [2.45, 2.75) is 70.1 Å². The van der Waals surface area contributed by atoms with Crippen LogP contribution < -0.4 is 21.7 Å². The van der Waals surface area contributed by atoms with Crippen molar-refractivity contribution in [3.63, 3.8) is 0 Å². The molecule has 0 saturated carbocycles. The minimum absolute atomic E-state index is 0.0646. The molecule has 8 N–H and O–H groups in total. The molecule has 0 aliphatic heterocycles. The van der Waals surface area contributed by atoms with Crippen LogP contribution in [-0.2, 0) is 35.2 Å². The molecule has 0 spiro atoms. The van der Waals surface area contributed by atoms with E-state index in [2.05, 4.69) is 16.0 Å². The van der Waals surface area contributed by atoms with E-state index in [0.717, 1.165) is 0 Å². The van der Waals surface area contributed by atoms with E-state index in [1.807, 2.05) is 13.8 Å². The van der Waals surface area contributed by atoms with Crippen LogP contribution in [0.15, 0.2) is 30.3 Å². The summed E-state index contributed by atoms with van der Waals surface area (Å²) in [4.78, 5) is 72.1. The molecule has 1 rings (SSSR count). The maximum Gasteiger partial charge on any atom is 0.326 e. The van der Waals surface area contributed by atoms with E-state index in [-0.39, 0.29) is 12.3 Å². The Bertz CT molecular complexity index is 968. The Balaban J connectivity index is 3.12. The van der Waals surface area contributed by atoms with Crippen LogP contribution in [0, 0.1) is 5.92 Å². The van der Waals surface area contributed by atoms with E-state index in [9.17, 15) is 39.0 Å². The minimum Gasteiger partial charge on any atom is -0.481 e. The first-order chi connectivity index (χ1) is 17.3. The molecule has 4 unspecified atom stereocenters. The van der Waals surface area contributed by atoms with E-state index in [4.69, 9.17) is 10.8 Å². The average molecular weight is 523 g/mol. The fourth-order valence-electron chi connectivity index (χ4n) is 3.41. The minimum atomic E-state index is -1.56. The molecule has 3 amide bonds.